The lowest BCUT2D eigenvalue weighted by Crippen LogP contribution is -2.29. The third-order valence-corrected chi connectivity index (χ3v) is 8.02. The minimum atomic E-state index is -1.02. The number of benzene rings is 4. The first-order chi connectivity index (χ1) is 19.9. The van der Waals surface area contributed by atoms with Crippen LogP contribution in [0.2, 0.25) is 0 Å². The number of hydrogen-bond acceptors (Lipinski definition) is 4. The number of aliphatic carboxylic acids is 1. The van der Waals surface area contributed by atoms with Gasteiger partial charge in [0.15, 0.2) is 6.10 Å². The van der Waals surface area contributed by atoms with Crippen molar-refractivity contribution in [2.75, 3.05) is 7.05 Å². The van der Waals surface area contributed by atoms with Crippen molar-refractivity contribution in [2.24, 2.45) is 0 Å². The van der Waals surface area contributed by atoms with Gasteiger partial charge in [-0.15, -0.1) is 0 Å². The van der Waals surface area contributed by atoms with Crippen LogP contribution in [0.3, 0.4) is 0 Å². The van der Waals surface area contributed by atoms with E-state index < -0.39 is 12.1 Å². The van der Waals surface area contributed by atoms with Crippen LogP contribution in [0.1, 0.15) is 47.0 Å². The van der Waals surface area contributed by atoms with E-state index in [4.69, 9.17) is 9.15 Å². The number of rotatable bonds is 11. The average Bonchev–Trinajstić information content (AvgIpc) is 3.35. The van der Waals surface area contributed by atoms with Crippen molar-refractivity contribution < 1.29 is 23.8 Å². The Bertz CT molecular complexity index is 1690. The van der Waals surface area contributed by atoms with E-state index in [9.17, 15) is 14.7 Å². The zero-order valence-corrected chi connectivity index (χ0v) is 24.7. The second-order valence-corrected chi connectivity index (χ2v) is 11.0. The van der Waals surface area contributed by atoms with E-state index in [1.807, 2.05) is 85.9 Å². The molecule has 1 atom stereocenters. The summed E-state index contributed by atoms with van der Waals surface area (Å²) in [4.78, 5) is 27.3. The summed E-state index contributed by atoms with van der Waals surface area (Å²) in [5.41, 5.74) is 3.24. The van der Waals surface area contributed by atoms with Crippen LogP contribution in [-0.2, 0) is 24.2 Å². The molecule has 41 heavy (non-hydrogen) atoms. The van der Waals surface area contributed by atoms with E-state index >= 15 is 0 Å². The Kier molecular flexibility index (Phi) is 8.74. The standard InChI is InChI=1S/C34H32BrNO5/c1-3-4-13-28-31(26-12-8-9-14-27(26)40-28)33(37)36(2)21-23-15-17-25-24(19-23)16-18-29(32(25)35)41-30(34(38)39)20-22-10-6-5-7-11-22/h5-12,14-19,30H,3-4,13,20-21H2,1-2H3,(H,38,39). The molecule has 1 unspecified atom stereocenters. The van der Waals surface area contributed by atoms with Crippen LogP contribution in [0.4, 0.5) is 0 Å². The number of nitrogens with zero attached hydrogens (tertiary/aromatic N) is 1. The molecular formula is C34H32BrNO5. The first kappa shape index (κ1) is 28.4. The zero-order chi connectivity index (χ0) is 28.9. The highest BCUT2D eigenvalue weighted by atomic mass is 79.9. The van der Waals surface area contributed by atoms with Gasteiger partial charge in [0.05, 0.1) is 10.0 Å². The topological polar surface area (TPSA) is 80.0 Å². The maximum absolute atomic E-state index is 13.7. The molecule has 0 saturated carbocycles. The molecule has 4 aromatic carbocycles. The molecule has 6 nitrogen and oxygen atoms in total. The van der Waals surface area contributed by atoms with Crippen molar-refractivity contribution in [2.45, 2.75) is 45.3 Å². The monoisotopic (exact) mass is 613 g/mol. The summed E-state index contributed by atoms with van der Waals surface area (Å²) in [6, 6.07) is 26.8. The Labute approximate surface area is 247 Å². The molecule has 0 spiro atoms. The molecule has 1 heterocycles. The number of carbonyl (C=O) groups is 2. The molecule has 0 radical (unpaired) electrons. The number of carbonyl (C=O) groups excluding carboxylic acids is 1. The number of ether oxygens (including phenoxy) is 1. The molecule has 1 amide bonds. The summed E-state index contributed by atoms with van der Waals surface area (Å²) in [5.74, 6) is 0.121. The molecule has 0 bridgehead atoms. The number of halogens is 1. The van der Waals surface area contributed by atoms with Gasteiger partial charge in [-0.3, -0.25) is 4.79 Å². The van der Waals surface area contributed by atoms with Gasteiger partial charge in [-0.25, -0.2) is 4.79 Å². The Morgan fingerprint density at radius 3 is 2.46 bits per heavy atom. The highest BCUT2D eigenvalue weighted by Crippen LogP contribution is 2.35. The third-order valence-electron chi connectivity index (χ3n) is 7.20. The number of fused-ring (bicyclic) bond motifs is 2. The number of furan rings is 1. The lowest BCUT2D eigenvalue weighted by Gasteiger charge is -2.19. The van der Waals surface area contributed by atoms with E-state index in [2.05, 4.69) is 22.9 Å². The normalized spacial score (nSPS) is 12.0. The fourth-order valence-corrected chi connectivity index (χ4v) is 5.64. The molecule has 1 aromatic heterocycles. The molecule has 7 heteroatoms. The molecule has 5 aromatic rings. The lowest BCUT2D eigenvalue weighted by atomic mass is 10.0. The smallest absolute Gasteiger partial charge is 0.345 e. The minimum absolute atomic E-state index is 0.0655. The first-order valence-corrected chi connectivity index (χ1v) is 14.6. The summed E-state index contributed by atoms with van der Waals surface area (Å²) in [5, 5.41) is 12.5. The average molecular weight is 615 g/mol. The first-order valence-electron chi connectivity index (χ1n) is 13.8. The van der Waals surface area contributed by atoms with Crippen molar-refractivity contribution in [3.05, 3.63) is 112 Å². The number of unbranched alkanes of at least 4 members (excludes halogenated alkanes) is 1. The quantitative estimate of drug-likeness (QED) is 0.163. The molecular weight excluding hydrogens is 582 g/mol. The largest absolute Gasteiger partial charge is 0.478 e. The summed E-state index contributed by atoms with van der Waals surface area (Å²) < 4.78 is 12.7. The molecule has 210 valence electrons. The van der Waals surface area contributed by atoms with E-state index in [-0.39, 0.29) is 12.3 Å². The van der Waals surface area contributed by atoms with Crippen molar-refractivity contribution >= 4 is 49.5 Å². The molecule has 1 N–H and O–H groups in total. The molecule has 0 aliphatic heterocycles. The Balaban J connectivity index is 1.35. The van der Waals surface area contributed by atoms with Crippen LogP contribution in [-0.4, -0.2) is 35.0 Å². The van der Waals surface area contributed by atoms with E-state index in [0.717, 1.165) is 57.9 Å². The van der Waals surface area contributed by atoms with E-state index in [0.29, 0.717) is 22.3 Å². The fraction of sp³-hybridized carbons (Fsp3) is 0.235. The van der Waals surface area contributed by atoms with Gasteiger partial charge in [0.2, 0.25) is 0 Å². The number of carboxylic acid groups (broad SMARTS) is 1. The van der Waals surface area contributed by atoms with Crippen LogP contribution >= 0.6 is 15.9 Å². The summed E-state index contributed by atoms with van der Waals surface area (Å²) in [6.07, 6.45) is 1.93. The van der Waals surface area contributed by atoms with Gasteiger partial charge in [0, 0.05) is 31.8 Å². The van der Waals surface area contributed by atoms with Gasteiger partial charge in [-0.05, 0) is 62.4 Å². The summed E-state index contributed by atoms with van der Waals surface area (Å²) >= 11 is 3.63. The predicted molar refractivity (Wildman–Crippen MR) is 164 cm³/mol. The molecule has 0 aliphatic carbocycles. The predicted octanol–water partition coefficient (Wildman–Crippen LogP) is 8.04. The van der Waals surface area contributed by atoms with E-state index in [1.54, 1.807) is 11.0 Å². The molecule has 0 aliphatic rings. The van der Waals surface area contributed by atoms with Gasteiger partial charge in [-0.1, -0.05) is 80.1 Å². The Morgan fingerprint density at radius 1 is 0.951 bits per heavy atom. The van der Waals surface area contributed by atoms with Gasteiger partial charge in [0.1, 0.15) is 17.1 Å². The maximum Gasteiger partial charge on any atom is 0.345 e. The Hall–Kier alpha value is -4.10. The third kappa shape index (κ3) is 6.30. The van der Waals surface area contributed by atoms with Gasteiger partial charge >= 0.3 is 5.97 Å². The molecule has 0 saturated heterocycles. The molecule has 0 fully saturated rings. The van der Waals surface area contributed by atoms with Crippen LogP contribution in [0, 0.1) is 0 Å². The van der Waals surface area contributed by atoms with Crippen molar-refractivity contribution in [1.82, 2.24) is 4.90 Å². The lowest BCUT2D eigenvalue weighted by molar-refractivity contribution is -0.145. The zero-order valence-electron chi connectivity index (χ0n) is 23.1. The van der Waals surface area contributed by atoms with Crippen molar-refractivity contribution in [1.29, 1.82) is 0 Å². The number of amides is 1. The van der Waals surface area contributed by atoms with Crippen LogP contribution in [0.25, 0.3) is 21.7 Å². The highest BCUT2D eigenvalue weighted by molar-refractivity contribution is 9.10. The van der Waals surface area contributed by atoms with E-state index in [1.165, 1.54) is 0 Å². The minimum Gasteiger partial charge on any atom is -0.478 e. The number of para-hydroxylation sites is 1. The second-order valence-electron chi connectivity index (χ2n) is 10.2. The van der Waals surface area contributed by atoms with Crippen molar-refractivity contribution in [3.8, 4) is 5.75 Å². The summed E-state index contributed by atoms with van der Waals surface area (Å²) in [7, 11) is 1.81. The van der Waals surface area contributed by atoms with Gasteiger partial charge < -0.3 is 19.2 Å². The van der Waals surface area contributed by atoms with Gasteiger partial charge in [-0.2, -0.15) is 0 Å². The molecule has 5 rings (SSSR count). The number of aryl methyl sites for hydroxylation is 1. The fourth-order valence-electron chi connectivity index (χ4n) is 5.05. The van der Waals surface area contributed by atoms with Gasteiger partial charge in [0.25, 0.3) is 5.91 Å². The van der Waals surface area contributed by atoms with Crippen LogP contribution in [0.5, 0.6) is 5.75 Å². The maximum atomic E-state index is 13.7. The number of hydrogen-bond donors (Lipinski definition) is 1. The highest BCUT2D eigenvalue weighted by Gasteiger charge is 2.24. The Morgan fingerprint density at radius 2 is 1.71 bits per heavy atom. The van der Waals surface area contributed by atoms with Crippen LogP contribution < -0.4 is 4.74 Å². The van der Waals surface area contributed by atoms with Crippen molar-refractivity contribution in [3.63, 3.8) is 0 Å². The SMILES string of the molecule is CCCCc1oc2ccccc2c1C(=O)N(C)Cc1ccc2c(Br)c(OC(Cc3ccccc3)C(=O)O)ccc2c1. The second kappa shape index (κ2) is 12.6. The van der Waals surface area contributed by atoms with Crippen LogP contribution in [0.15, 0.2) is 93.8 Å². The number of carboxylic acids is 1. The summed E-state index contributed by atoms with van der Waals surface area (Å²) in [6.45, 7) is 2.55.